The predicted octanol–water partition coefficient (Wildman–Crippen LogP) is 4.00. The zero-order valence-corrected chi connectivity index (χ0v) is 15.5. The maximum absolute atomic E-state index is 12.1. The summed E-state index contributed by atoms with van der Waals surface area (Å²) >= 11 is 2.33. The normalized spacial score (nSPS) is 19.7. The molecule has 0 radical (unpaired) electrons. The van der Waals surface area contributed by atoms with Crippen molar-refractivity contribution in [1.29, 1.82) is 0 Å². The van der Waals surface area contributed by atoms with Gasteiger partial charge in [-0.05, 0) is 67.1 Å². The molecule has 1 amide bonds. The summed E-state index contributed by atoms with van der Waals surface area (Å²) in [5.74, 6) is 1.01. The van der Waals surface area contributed by atoms with Gasteiger partial charge in [0.15, 0.2) is 0 Å². The summed E-state index contributed by atoms with van der Waals surface area (Å²) in [4.78, 5) is 13.9. The second kappa shape index (κ2) is 5.58. The largest absolute Gasteiger partial charge is 0.487 e. The quantitative estimate of drug-likeness (QED) is 0.602. The molecule has 0 aliphatic carbocycles. The second-order valence-electron chi connectivity index (χ2n) is 7.18. The number of hydrogen-bond donors (Lipinski definition) is 0. The number of benzene rings is 1. The van der Waals surface area contributed by atoms with Crippen LogP contribution >= 0.6 is 22.6 Å². The molecule has 0 unspecified atom stereocenters. The molecule has 5 heteroatoms. The molecule has 4 nitrogen and oxygen atoms in total. The highest BCUT2D eigenvalue weighted by atomic mass is 127. The monoisotopic (exact) mass is 415 g/mol. The number of ether oxygens (including phenoxy) is 2. The average molecular weight is 415 g/mol. The predicted molar refractivity (Wildman–Crippen MR) is 93.3 cm³/mol. The zero-order chi connectivity index (χ0) is 16.0. The Labute approximate surface area is 145 Å². The molecular formula is C17H22INO3. The lowest BCUT2D eigenvalue weighted by molar-refractivity contribution is -0.00887. The van der Waals surface area contributed by atoms with Crippen molar-refractivity contribution in [3.05, 3.63) is 27.3 Å². The molecule has 1 aromatic rings. The van der Waals surface area contributed by atoms with E-state index < -0.39 is 5.60 Å². The third-order valence-electron chi connectivity index (χ3n) is 4.19. The molecule has 22 heavy (non-hydrogen) atoms. The number of piperidine rings is 1. The molecule has 0 N–H and O–H groups in total. The molecule has 0 saturated carbocycles. The van der Waals surface area contributed by atoms with Crippen LogP contribution in [0.1, 0.15) is 39.2 Å². The number of likely N-dealkylation sites (tertiary alicyclic amines) is 1. The van der Waals surface area contributed by atoms with Crippen molar-refractivity contribution in [3.63, 3.8) is 0 Å². The maximum atomic E-state index is 12.1. The van der Waals surface area contributed by atoms with Gasteiger partial charge in [-0.3, -0.25) is 0 Å². The molecule has 2 aliphatic rings. The highest BCUT2D eigenvalue weighted by Gasteiger charge is 2.43. The topological polar surface area (TPSA) is 38.8 Å². The summed E-state index contributed by atoms with van der Waals surface area (Å²) in [6, 6.07) is 6.34. The third-order valence-corrected chi connectivity index (χ3v) is 4.86. The van der Waals surface area contributed by atoms with Gasteiger partial charge in [-0.2, -0.15) is 0 Å². The summed E-state index contributed by atoms with van der Waals surface area (Å²) in [7, 11) is 0. The first-order valence-corrected chi connectivity index (χ1v) is 8.80. The Hall–Kier alpha value is -0.980. The summed E-state index contributed by atoms with van der Waals surface area (Å²) in [5.41, 5.74) is 0.714. The van der Waals surface area contributed by atoms with Crippen LogP contribution in [0.3, 0.4) is 0 Å². The van der Waals surface area contributed by atoms with Gasteiger partial charge in [-0.15, -0.1) is 0 Å². The van der Waals surface area contributed by atoms with Crippen LogP contribution in [0.15, 0.2) is 18.2 Å². The Balaban J connectivity index is 1.62. The smallest absolute Gasteiger partial charge is 0.410 e. The number of nitrogens with zero attached hydrogens (tertiary/aromatic N) is 1. The molecule has 1 saturated heterocycles. The summed E-state index contributed by atoms with van der Waals surface area (Å²) in [6.45, 7) is 7.08. The molecule has 120 valence electrons. The van der Waals surface area contributed by atoms with E-state index in [0.717, 1.165) is 25.0 Å². The highest BCUT2D eigenvalue weighted by Crippen LogP contribution is 2.41. The van der Waals surface area contributed by atoms with Crippen LogP contribution in [0.2, 0.25) is 0 Å². The highest BCUT2D eigenvalue weighted by molar-refractivity contribution is 14.1. The van der Waals surface area contributed by atoms with Crippen molar-refractivity contribution < 1.29 is 14.3 Å². The van der Waals surface area contributed by atoms with Gasteiger partial charge in [-0.1, -0.05) is 0 Å². The van der Waals surface area contributed by atoms with Gasteiger partial charge in [0, 0.05) is 35.9 Å². The molecule has 3 rings (SSSR count). The molecule has 1 spiro atoms. The fraction of sp³-hybridized carbons (Fsp3) is 0.588. The third kappa shape index (κ3) is 3.34. The Morgan fingerprint density at radius 2 is 2.00 bits per heavy atom. The van der Waals surface area contributed by atoms with Crippen LogP contribution in [-0.4, -0.2) is 35.3 Å². The minimum Gasteiger partial charge on any atom is -0.487 e. The molecule has 0 bridgehead atoms. The van der Waals surface area contributed by atoms with Crippen LogP contribution in [0, 0.1) is 3.57 Å². The summed E-state index contributed by atoms with van der Waals surface area (Å²) in [5, 5.41) is 0. The van der Waals surface area contributed by atoms with Crippen LogP contribution < -0.4 is 4.74 Å². The van der Waals surface area contributed by atoms with Crippen molar-refractivity contribution in [2.24, 2.45) is 0 Å². The lowest BCUT2D eigenvalue weighted by Gasteiger charge is -2.39. The first-order valence-electron chi connectivity index (χ1n) is 7.72. The van der Waals surface area contributed by atoms with E-state index in [0.29, 0.717) is 13.1 Å². The van der Waals surface area contributed by atoms with Crippen molar-refractivity contribution in [1.82, 2.24) is 4.90 Å². The number of rotatable bonds is 0. The molecule has 0 atom stereocenters. The minimum atomic E-state index is -0.441. The van der Waals surface area contributed by atoms with E-state index in [2.05, 4.69) is 40.8 Å². The molecule has 2 heterocycles. The van der Waals surface area contributed by atoms with Crippen LogP contribution in [0.5, 0.6) is 5.75 Å². The van der Waals surface area contributed by atoms with Crippen LogP contribution in [0.4, 0.5) is 4.79 Å². The Bertz CT molecular complexity index is 586. The maximum Gasteiger partial charge on any atom is 0.410 e. The van der Waals surface area contributed by atoms with Gasteiger partial charge >= 0.3 is 6.09 Å². The van der Waals surface area contributed by atoms with Crippen LogP contribution in [0.25, 0.3) is 0 Å². The average Bonchev–Trinajstić information content (AvgIpc) is 2.74. The lowest BCUT2D eigenvalue weighted by Crippen LogP contribution is -2.50. The van der Waals surface area contributed by atoms with Gasteiger partial charge in [0.05, 0.1) is 0 Å². The first kappa shape index (κ1) is 15.9. The molecule has 1 aromatic carbocycles. The minimum absolute atomic E-state index is 0.134. The van der Waals surface area contributed by atoms with Crippen LogP contribution in [-0.2, 0) is 11.2 Å². The fourth-order valence-electron chi connectivity index (χ4n) is 3.10. The number of carbonyl (C=O) groups excluding carboxylic acids is 1. The van der Waals surface area contributed by atoms with Gasteiger partial charge in [0.25, 0.3) is 0 Å². The Morgan fingerprint density at radius 3 is 2.64 bits per heavy atom. The second-order valence-corrected chi connectivity index (χ2v) is 8.43. The van der Waals surface area contributed by atoms with E-state index in [-0.39, 0.29) is 11.7 Å². The van der Waals surface area contributed by atoms with Crippen molar-refractivity contribution in [2.75, 3.05) is 13.1 Å². The number of fused-ring (bicyclic) bond motifs is 1. The zero-order valence-electron chi connectivity index (χ0n) is 13.3. The van der Waals surface area contributed by atoms with Crippen molar-refractivity contribution in [3.8, 4) is 5.75 Å². The van der Waals surface area contributed by atoms with Gasteiger partial charge in [0.2, 0.25) is 0 Å². The Kier molecular flexibility index (Phi) is 4.03. The molecular weight excluding hydrogens is 393 g/mol. The van der Waals surface area contributed by atoms with E-state index in [1.165, 1.54) is 9.13 Å². The van der Waals surface area contributed by atoms with Crippen molar-refractivity contribution >= 4 is 28.7 Å². The van der Waals surface area contributed by atoms with E-state index in [9.17, 15) is 4.79 Å². The lowest BCUT2D eigenvalue weighted by atomic mass is 9.87. The summed E-state index contributed by atoms with van der Waals surface area (Å²) in [6.07, 6.45) is 2.45. The van der Waals surface area contributed by atoms with Gasteiger partial charge in [0.1, 0.15) is 17.0 Å². The molecule has 0 aromatic heterocycles. The van der Waals surface area contributed by atoms with Crippen molar-refractivity contribution in [2.45, 2.75) is 51.2 Å². The van der Waals surface area contributed by atoms with Gasteiger partial charge < -0.3 is 14.4 Å². The van der Waals surface area contributed by atoms with E-state index in [1.54, 1.807) is 4.90 Å². The summed E-state index contributed by atoms with van der Waals surface area (Å²) < 4.78 is 12.9. The van der Waals surface area contributed by atoms with E-state index >= 15 is 0 Å². The Morgan fingerprint density at radius 1 is 1.32 bits per heavy atom. The fourth-order valence-corrected chi connectivity index (χ4v) is 3.66. The SMILES string of the molecule is CC(C)(C)OC(=O)N1CCC2(CC1)Cc1cc(I)ccc1O2. The van der Waals surface area contributed by atoms with Gasteiger partial charge in [-0.25, -0.2) is 4.79 Å². The first-order chi connectivity index (χ1) is 10.3. The number of halogens is 1. The molecule has 2 aliphatic heterocycles. The number of hydrogen-bond acceptors (Lipinski definition) is 3. The number of carbonyl (C=O) groups is 1. The standard InChI is InChI=1S/C17H22INO3/c1-16(2,3)22-15(20)19-8-6-17(7-9-19)11-12-10-13(18)4-5-14(12)21-17/h4-5,10H,6-9,11H2,1-3H3. The van der Waals surface area contributed by atoms with E-state index in [1.807, 2.05) is 20.8 Å². The molecule has 1 fully saturated rings. The van der Waals surface area contributed by atoms with E-state index in [4.69, 9.17) is 9.47 Å². The number of amides is 1.